The van der Waals surface area contributed by atoms with Gasteiger partial charge in [0.25, 0.3) is 0 Å². The molecular weight excluding hydrogens is 392 g/mol. The summed E-state index contributed by atoms with van der Waals surface area (Å²) in [5.41, 5.74) is 0.313. The highest BCUT2D eigenvalue weighted by atomic mass is 35.5. The summed E-state index contributed by atoms with van der Waals surface area (Å²) in [5.74, 6) is -0.117. The average Bonchev–Trinajstić information content (AvgIpc) is 3.15. The van der Waals surface area contributed by atoms with E-state index in [1.165, 1.54) is 23.1 Å². The van der Waals surface area contributed by atoms with Crippen LogP contribution in [0.15, 0.2) is 23.4 Å². The summed E-state index contributed by atoms with van der Waals surface area (Å²) in [5, 5.41) is 10.8. The predicted molar refractivity (Wildman–Crippen MR) is 98.8 cm³/mol. The van der Waals surface area contributed by atoms with E-state index in [0.29, 0.717) is 12.1 Å². The molecule has 0 N–H and O–H groups in total. The third-order valence-corrected chi connectivity index (χ3v) is 6.16. The fraction of sp³-hybridized carbons (Fsp3) is 0.529. The Labute approximate surface area is 162 Å². The van der Waals surface area contributed by atoms with Gasteiger partial charge in [0.05, 0.1) is 11.6 Å². The molecule has 1 fully saturated rings. The molecule has 146 valence electrons. The molecule has 0 amide bonds. The van der Waals surface area contributed by atoms with Gasteiger partial charge in [0.2, 0.25) is 0 Å². The lowest BCUT2D eigenvalue weighted by molar-refractivity contribution is 0.0889. The minimum absolute atomic E-state index is 0.00824. The van der Waals surface area contributed by atoms with Gasteiger partial charge in [-0.25, -0.2) is 13.1 Å². The van der Waals surface area contributed by atoms with Crippen molar-refractivity contribution in [1.29, 1.82) is 0 Å². The van der Waals surface area contributed by atoms with Crippen molar-refractivity contribution in [2.45, 2.75) is 43.5 Å². The second-order valence-corrected chi connectivity index (χ2v) is 9.01. The molecule has 0 saturated heterocycles. The Morgan fingerprint density at radius 3 is 2.67 bits per heavy atom. The maximum atomic E-state index is 12.9. The van der Waals surface area contributed by atoms with Crippen molar-refractivity contribution >= 4 is 27.2 Å². The predicted octanol–water partition coefficient (Wildman–Crippen LogP) is 2.57. The van der Waals surface area contributed by atoms with Crippen LogP contribution < -0.4 is 4.74 Å². The molecule has 27 heavy (non-hydrogen) atoms. The van der Waals surface area contributed by atoms with Crippen LogP contribution in [0.3, 0.4) is 0 Å². The van der Waals surface area contributed by atoms with Gasteiger partial charge in [-0.2, -0.15) is 0 Å². The van der Waals surface area contributed by atoms with Gasteiger partial charge in [0, 0.05) is 17.7 Å². The molecule has 3 rings (SSSR count). The second-order valence-electron chi connectivity index (χ2n) is 6.65. The average molecular weight is 413 g/mol. The first-order valence-electron chi connectivity index (χ1n) is 8.78. The van der Waals surface area contributed by atoms with Gasteiger partial charge in [0.15, 0.2) is 21.4 Å². The fourth-order valence-electron chi connectivity index (χ4n) is 3.26. The molecule has 0 spiro atoms. The zero-order valence-electron chi connectivity index (χ0n) is 15.0. The molecular formula is C17H21ClN4O4S. The lowest BCUT2D eigenvalue weighted by Gasteiger charge is -2.22. The molecule has 1 aromatic carbocycles. The molecule has 0 aliphatic heterocycles. The Kier molecular flexibility index (Phi) is 6.11. The number of hydrogen-bond donors (Lipinski definition) is 0. The summed E-state index contributed by atoms with van der Waals surface area (Å²) in [6.45, 7) is 0.418. The molecule has 1 heterocycles. The van der Waals surface area contributed by atoms with Crippen molar-refractivity contribution in [3.63, 3.8) is 0 Å². The summed E-state index contributed by atoms with van der Waals surface area (Å²) in [6.07, 6.45) is 7.34. The Balaban J connectivity index is 1.88. The lowest BCUT2D eigenvalue weighted by atomic mass is 9.84. The molecule has 0 bridgehead atoms. The number of halogens is 1. The van der Waals surface area contributed by atoms with E-state index in [1.807, 2.05) is 0 Å². The minimum atomic E-state index is -3.58. The summed E-state index contributed by atoms with van der Waals surface area (Å²) in [6, 6.07) is 2.88. The molecule has 0 atom stereocenters. The van der Waals surface area contributed by atoms with Crippen molar-refractivity contribution in [2.75, 3.05) is 12.9 Å². The van der Waals surface area contributed by atoms with E-state index in [1.54, 1.807) is 0 Å². The topological polar surface area (TPSA) is 104 Å². The highest BCUT2D eigenvalue weighted by Crippen LogP contribution is 2.38. The third kappa shape index (κ3) is 4.65. The van der Waals surface area contributed by atoms with Crippen LogP contribution in [0.5, 0.6) is 5.75 Å². The molecule has 1 aliphatic carbocycles. The second kappa shape index (κ2) is 8.35. The SMILES string of the molecule is CS(=O)(=O)c1ccc(C(=O)C2CCCCC2)c(Cl)c1OCCn1cnnn1. The minimum Gasteiger partial charge on any atom is -0.489 e. The number of sulfone groups is 1. The normalized spacial score (nSPS) is 15.6. The molecule has 1 aliphatic rings. The number of rotatable bonds is 7. The van der Waals surface area contributed by atoms with Crippen molar-refractivity contribution in [1.82, 2.24) is 20.2 Å². The number of carbonyl (C=O) groups excluding carboxylic acids is 1. The molecule has 10 heteroatoms. The Bertz CT molecular complexity index is 909. The van der Waals surface area contributed by atoms with Gasteiger partial charge in [-0.05, 0) is 35.4 Å². The van der Waals surface area contributed by atoms with Crippen molar-refractivity contribution in [3.8, 4) is 5.75 Å². The molecule has 8 nitrogen and oxygen atoms in total. The summed E-state index contributed by atoms with van der Waals surface area (Å²) < 4.78 is 31.4. The van der Waals surface area contributed by atoms with Crippen LogP contribution in [-0.2, 0) is 16.4 Å². The molecule has 2 aromatic rings. The standard InChI is InChI=1S/C17H21ClN4O4S/c1-27(24,25)14-8-7-13(16(23)12-5-3-2-4-6-12)15(18)17(14)26-10-9-22-11-19-20-21-22/h7-8,11-12H,2-6,9-10H2,1H3. The molecule has 0 unspecified atom stereocenters. The van der Waals surface area contributed by atoms with Gasteiger partial charge >= 0.3 is 0 Å². The van der Waals surface area contributed by atoms with Gasteiger partial charge in [-0.1, -0.05) is 30.9 Å². The van der Waals surface area contributed by atoms with Crippen LogP contribution >= 0.6 is 11.6 Å². The van der Waals surface area contributed by atoms with Crippen LogP contribution in [-0.4, -0.2) is 47.3 Å². The van der Waals surface area contributed by atoms with Crippen LogP contribution in [0.1, 0.15) is 42.5 Å². The van der Waals surface area contributed by atoms with Gasteiger partial charge in [-0.3, -0.25) is 4.79 Å². The first kappa shape index (κ1) is 19.8. The maximum Gasteiger partial charge on any atom is 0.179 e. The number of carbonyl (C=O) groups is 1. The third-order valence-electron chi connectivity index (χ3n) is 4.66. The zero-order chi connectivity index (χ0) is 19.4. The van der Waals surface area contributed by atoms with Crippen molar-refractivity contribution in [3.05, 3.63) is 29.0 Å². The highest BCUT2D eigenvalue weighted by Gasteiger charge is 2.28. The Hall–Kier alpha value is -2.00. The number of benzene rings is 1. The van der Waals surface area contributed by atoms with Crippen LogP contribution in [0.25, 0.3) is 0 Å². The number of aromatic nitrogens is 4. The quantitative estimate of drug-likeness (QED) is 0.643. The molecule has 0 radical (unpaired) electrons. The zero-order valence-corrected chi connectivity index (χ0v) is 16.5. The van der Waals surface area contributed by atoms with Crippen LogP contribution in [0, 0.1) is 5.92 Å². The molecule has 1 aromatic heterocycles. The first-order valence-corrected chi connectivity index (χ1v) is 11.0. The van der Waals surface area contributed by atoms with E-state index in [2.05, 4.69) is 15.5 Å². The Morgan fingerprint density at radius 1 is 1.30 bits per heavy atom. The van der Waals surface area contributed by atoms with E-state index in [-0.39, 0.29) is 34.0 Å². The summed E-state index contributed by atoms with van der Waals surface area (Å²) in [4.78, 5) is 12.8. The Morgan fingerprint density at radius 2 is 2.04 bits per heavy atom. The monoisotopic (exact) mass is 412 g/mol. The number of tetrazole rings is 1. The molecule has 1 saturated carbocycles. The maximum absolute atomic E-state index is 12.9. The fourth-order valence-corrected chi connectivity index (χ4v) is 4.45. The van der Waals surface area contributed by atoms with E-state index >= 15 is 0 Å². The lowest BCUT2D eigenvalue weighted by Crippen LogP contribution is -2.19. The van der Waals surface area contributed by atoms with E-state index in [0.717, 1.165) is 38.4 Å². The van der Waals surface area contributed by atoms with E-state index < -0.39 is 9.84 Å². The number of Topliss-reactive ketones (excluding diaryl/α,β-unsaturated/α-hetero) is 1. The first-order chi connectivity index (χ1) is 12.9. The van der Waals surface area contributed by atoms with Crippen LogP contribution in [0.4, 0.5) is 0 Å². The van der Waals surface area contributed by atoms with Gasteiger partial charge < -0.3 is 4.74 Å². The van der Waals surface area contributed by atoms with Crippen LogP contribution in [0.2, 0.25) is 5.02 Å². The van der Waals surface area contributed by atoms with E-state index in [9.17, 15) is 13.2 Å². The highest BCUT2D eigenvalue weighted by molar-refractivity contribution is 7.90. The van der Waals surface area contributed by atoms with Gasteiger partial charge in [0.1, 0.15) is 17.8 Å². The van der Waals surface area contributed by atoms with Gasteiger partial charge in [-0.15, -0.1) is 5.10 Å². The van der Waals surface area contributed by atoms with E-state index in [4.69, 9.17) is 16.3 Å². The summed E-state index contributed by atoms with van der Waals surface area (Å²) >= 11 is 6.44. The number of hydrogen-bond acceptors (Lipinski definition) is 7. The number of ketones is 1. The largest absolute Gasteiger partial charge is 0.489 e. The number of ether oxygens (including phenoxy) is 1. The number of nitrogens with zero attached hydrogens (tertiary/aromatic N) is 4. The van der Waals surface area contributed by atoms with Crippen molar-refractivity contribution < 1.29 is 17.9 Å². The van der Waals surface area contributed by atoms with Crippen molar-refractivity contribution in [2.24, 2.45) is 5.92 Å². The summed E-state index contributed by atoms with van der Waals surface area (Å²) in [7, 11) is -3.58. The smallest absolute Gasteiger partial charge is 0.179 e.